The van der Waals surface area contributed by atoms with Gasteiger partial charge in [-0.1, -0.05) is 62.2 Å². The van der Waals surface area contributed by atoms with Gasteiger partial charge in [0.15, 0.2) is 0 Å². The van der Waals surface area contributed by atoms with E-state index in [1.165, 1.54) is 29.5 Å². The zero-order chi connectivity index (χ0) is 19.1. The van der Waals surface area contributed by atoms with Crippen LogP contribution in [0.1, 0.15) is 56.9 Å². The van der Waals surface area contributed by atoms with Crippen LogP contribution in [0.3, 0.4) is 0 Å². The van der Waals surface area contributed by atoms with Gasteiger partial charge in [-0.15, -0.1) is 0 Å². The molecule has 2 aromatic rings. The third-order valence-corrected chi connectivity index (χ3v) is 5.27. The van der Waals surface area contributed by atoms with Crippen molar-refractivity contribution in [2.24, 2.45) is 0 Å². The summed E-state index contributed by atoms with van der Waals surface area (Å²) in [5, 5.41) is 9.07. The molecule has 1 atom stereocenters. The number of carboxylic acids is 1. The van der Waals surface area contributed by atoms with Gasteiger partial charge in [0, 0.05) is 5.57 Å². The minimum atomic E-state index is -0.776. The predicted octanol–water partition coefficient (Wildman–Crippen LogP) is 6.20. The lowest BCUT2D eigenvalue weighted by atomic mass is 9.84. The van der Waals surface area contributed by atoms with Crippen LogP contribution in [-0.2, 0) is 4.79 Å². The molecule has 27 heavy (non-hydrogen) atoms. The molecule has 0 spiro atoms. The van der Waals surface area contributed by atoms with E-state index in [1.54, 1.807) is 0 Å². The van der Waals surface area contributed by atoms with E-state index in [-0.39, 0.29) is 0 Å². The average molecular weight is 364 g/mol. The lowest BCUT2D eigenvalue weighted by molar-refractivity contribution is -0.132. The topological polar surface area (TPSA) is 46.5 Å². The summed E-state index contributed by atoms with van der Waals surface area (Å²) in [4.78, 5) is 11.0. The molecular weight excluding hydrogens is 336 g/mol. The van der Waals surface area contributed by atoms with Gasteiger partial charge in [-0.05, 0) is 60.4 Å². The van der Waals surface area contributed by atoms with Crippen molar-refractivity contribution in [2.75, 3.05) is 6.61 Å². The summed E-state index contributed by atoms with van der Waals surface area (Å²) in [5.41, 5.74) is 4.21. The van der Waals surface area contributed by atoms with Crippen LogP contribution in [-0.4, -0.2) is 17.7 Å². The molecular formula is C24H28O3. The number of unbranched alkanes of at least 4 members (excludes halogenated alkanes) is 2. The Kier molecular flexibility index (Phi) is 6.69. The van der Waals surface area contributed by atoms with Crippen molar-refractivity contribution in [1.29, 1.82) is 0 Å². The number of carbonyl (C=O) groups is 1. The van der Waals surface area contributed by atoms with Gasteiger partial charge in [0.05, 0.1) is 6.61 Å². The van der Waals surface area contributed by atoms with Gasteiger partial charge in [0.1, 0.15) is 5.75 Å². The lowest BCUT2D eigenvalue weighted by Crippen LogP contribution is -2.09. The molecule has 3 heteroatoms. The molecule has 0 saturated heterocycles. The molecule has 0 fully saturated rings. The number of benzene rings is 2. The Labute approximate surface area is 161 Å². The van der Waals surface area contributed by atoms with E-state index < -0.39 is 5.97 Å². The van der Waals surface area contributed by atoms with Crippen LogP contribution < -0.4 is 4.74 Å². The second-order valence-corrected chi connectivity index (χ2v) is 7.21. The molecule has 142 valence electrons. The maximum atomic E-state index is 11.0. The second-order valence-electron chi connectivity index (χ2n) is 7.21. The van der Waals surface area contributed by atoms with Crippen LogP contribution in [0.25, 0.3) is 11.1 Å². The van der Waals surface area contributed by atoms with Crippen LogP contribution in [0.2, 0.25) is 0 Å². The van der Waals surface area contributed by atoms with Crippen molar-refractivity contribution in [3.05, 3.63) is 65.7 Å². The molecule has 3 rings (SSSR count). The Hall–Kier alpha value is -2.55. The highest BCUT2D eigenvalue weighted by Crippen LogP contribution is 2.33. The Balaban J connectivity index is 1.59. The molecule has 3 nitrogen and oxygen atoms in total. The predicted molar refractivity (Wildman–Crippen MR) is 109 cm³/mol. The molecule has 1 aliphatic rings. The first-order chi connectivity index (χ1) is 13.2. The zero-order valence-corrected chi connectivity index (χ0v) is 16.0. The fourth-order valence-corrected chi connectivity index (χ4v) is 3.56. The maximum absolute atomic E-state index is 11.0. The molecule has 1 unspecified atom stereocenters. The molecule has 2 aromatic carbocycles. The van der Waals surface area contributed by atoms with Gasteiger partial charge in [0.25, 0.3) is 0 Å². The van der Waals surface area contributed by atoms with E-state index in [0.29, 0.717) is 17.9 Å². The van der Waals surface area contributed by atoms with Crippen molar-refractivity contribution in [1.82, 2.24) is 0 Å². The van der Waals surface area contributed by atoms with Gasteiger partial charge in [-0.3, -0.25) is 0 Å². The first-order valence-corrected chi connectivity index (χ1v) is 9.93. The number of hydrogen-bond donors (Lipinski definition) is 1. The maximum Gasteiger partial charge on any atom is 0.331 e. The quantitative estimate of drug-likeness (QED) is 0.567. The van der Waals surface area contributed by atoms with Crippen LogP contribution in [0.4, 0.5) is 0 Å². The van der Waals surface area contributed by atoms with E-state index >= 15 is 0 Å². The Bertz CT molecular complexity index is 772. The Morgan fingerprint density at radius 1 is 1.04 bits per heavy atom. The third kappa shape index (κ3) is 5.22. The van der Waals surface area contributed by atoms with E-state index in [9.17, 15) is 4.79 Å². The smallest absolute Gasteiger partial charge is 0.331 e. The summed E-state index contributed by atoms with van der Waals surface area (Å²) in [6.45, 7) is 2.97. The van der Waals surface area contributed by atoms with Crippen molar-refractivity contribution in [2.45, 2.75) is 51.4 Å². The van der Waals surface area contributed by atoms with Crippen LogP contribution in [0.5, 0.6) is 5.75 Å². The molecule has 0 amide bonds. The minimum Gasteiger partial charge on any atom is -0.494 e. The van der Waals surface area contributed by atoms with E-state index in [1.807, 2.05) is 18.2 Å². The zero-order valence-electron chi connectivity index (χ0n) is 16.0. The number of aliphatic carboxylic acids is 1. The highest BCUT2D eigenvalue weighted by molar-refractivity contribution is 5.86. The monoisotopic (exact) mass is 364 g/mol. The molecule has 0 saturated carbocycles. The van der Waals surface area contributed by atoms with Crippen molar-refractivity contribution >= 4 is 5.97 Å². The third-order valence-electron chi connectivity index (χ3n) is 5.27. The first kappa shape index (κ1) is 19.2. The van der Waals surface area contributed by atoms with Crippen LogP contribution >= 0.6 is 0 Å². The summed E-state index contributed by atoms with van der Waals surface area (Å²) in [6, 6.07) is 16.9. The average Bonchev–Trinajstić information content (AvgIpc) is 2.72. The van der Waals surface area contributed by atoms with Crippen molar-refractivity contribution in [3.8, 4) is 16.9 Å². The second kappa shape index (κ2) is 9.40. The van der Waals surface area contributed by atoms with Gasteiger partial charge < -0.3 is 9.84 Å². The Morgan fingerprint density at radius 3 is 2.26 bits per heavy atom. The normalized spacial score (nSPS) is 16.6. The molecule has 0 heterocycles. The van der Waals surface area contributed by atoms with Gasteiger partial charge in [0.2, 0.25) is 0 Å². The van der Waals surface area contributed by atoms with Crippen molar-refractivity contribution < 1.29 is 14.6 Å². The van der Waals surface area contributed by atoms with Gasteiger partial charge in [-0.25, -0.2) is 4.79 Å². The molecule has 0 aromatic heterocycles. The highest BCUT2D eigenvalue weighted by Gasteiger charge is 2.19. The van der Waals surface area contributed by atoms with Gasteiger partial charge in [-0.2, -0.15) is 0 Å². The Morgan fingerprint density at radius 2 is 1.70 bits per heavy atom. The fourth-order valence-electron chi connectivity index (χ4n) is 3.56. The SMILES string of the molecule is CCCCCOc1ccc(-c2ccc(C3CC=C(C(=O)O)CC3)cc2)cc1. The fraction of sp³-hybridized carbons (Fsp3) is 0.375. The molecule has 1 N–H and O–H groups in total. The minimum absolute atomic E-state index is 0.418. The summed E-state index contributed by atoms with van der Waals surface area (Å²) in [7, 11) is 0. The summed E-state index contributed by atoms with van der Waals surface area (Å²) >= 11 is 0. The van der Waals surface area contributed by atoms with E-state index in [4.69, 9.17) is 9.84 Å². The van der Waals surface area contributed by atoms with E-state index in [0.717, 1.165) is 31.6 Å². The number of carboxylic acid groups (broad SMARTS) is 1. The van der Waals surface area contributed by atoms with Gasteiger partial charge >= 0.3 is 5.97 Å². The summed E-state index contributed by atoms with van der Waals surface area (Å²) < 4.78 is 5.78. The standard InChI is InChI=1S/C24H28O3/c1-2-3-4-17-27-23-15-13-21(14-16-23)19-7-5-18(6-8-19)20-9-11-22(12-10-20)24(25)26/h5-8,11,13-16,20H,2-4,9-10,12,17H2,1H3,(H,25,26). The van der Waals surface area contributed by atoms with Crippen LogP contribution in [0, 0.1) is 0 Å². The first-order valence-electron chi connectivity index (χ1n) is 9.93. The van der Waals surface area contributed by atoms with Crippen molar-refractivity contribution in [3.63, 3.8) is 0 Å². The summed E-state index contributed by atoms with van der Waals surface area (Å²) in [5.74, 6) is 0.567. The number of hydrogen-bond acceptors (Lipinski definition) is 2. The highest BCUT2D eigenvalue weighted by atomic mass is 16.5. The number of rotatable bonds is 8. The molecule has 1 aliphatic carbocycles. The van der Waals surface area contributed by atoms with Crippen LogP contribution in [0.15, 0.2) is 60.2 Å². The number of allylic oxidation sites excluding steroid dienone is 1. The largest absolute Gasteiger partial charge is 0.494 e. The lowest BCUT2D eigenvalue weighted by Gasteiger charge is -2.21. The molecule has 0 bridgehead atoms. The number of ether oxygens (including phenoxy) is 1. The van der Waals surface area contributed by atoms with E-state index in [2.05, 4.69) is 43.3 Å². The molecule has 0 aliphatic heterocycles. The summed E-state index contributed by atoms with van der Waals surface area (Å²) in [6.07, 6.45) is 7.76. The molecule has 0 radical (unpaired) electrons.